The molecule has 2 aromatic rings. The summed E-state index contributed by atoms with van der Waals surface area (Å²) in [6, 6.07) is 12.4. The lowest BCUT2D eigenvalue weighted by Crippen LogP contribution is -2.68. The van der Waals surface area contributed by atoms with E-state index in [0.717, 1.165) is 5.56 Å². The number of carbonyl (C=O) groups is 2. The lowest BCUT2D eigenvalue weighted by atomic mass is 9.61. The summed E-state index contributed by atoms with van der Waals surface area (Å²) >= 11 is 0. The molecule has 1 spiro atoms. The van der Waals surface area contributed by atoms with Crippen LogP contribution in [0, 0.1) is 12.3 Å². The van der Waals surface area contributed by atoms with E-state index in [9.17, 15) is 9.59 Å². The van der Waals surface area contributed by atoms with Gasteiger partial charge < -0.3 is 9.80 Å². The Kier molecular flexibility index (Phi) is 4.69. The molecule has 146 valence electrons. The zero-order chi connectivity index (χ0) is 19.9. The first kappa shape index (κ1) is 18.7. The van der Waals surface area contributed by atoms with Gasteiger partial charge in [-0.1, -0.05) is 30.3 Å². The van der Waals surface area contributed by atoms with Crippen LogP contribution in [0.4, 0.5) is 0 Å². The van der Waals surface area contributed by atoms with E-state index >= 15 is 0 Å². The lowest BCUT2D eigenvalue weighted by molar-refractivity contribution is -0.184. The molecule has 0 saturated carbocycles. The van der Waals surface area contributed by atoms with Gasteiger partial charge in [-0.25, -0.2) is 0 Å². The molecular weight excluding hydrogens is 350 g/mol. The largest absolute Gasteiger partial charge is 0.339 e. The van der Waals surface area contributed by atoms with Crippen LogP contribution in [-0.4, -0.2) is 45.7 Å². The molecule has 1 unspecified atom stereocenters. The van der Waals surface area contributed by atoms with Gasteiger partial charge in [-0.2, -0.15) is 0 Å². The first-order valence-electron chi connectivity index (χ1n) is 10.0. The Labute approximate surface area is 166 Å². The zero-order valence-electron chi connectivity index (χ0n) is 16.8. The summed E-state index contributed by atoms with van der Waals surface area (Å²) in [6.07, 6.45) is 4.76. The average molecular weight is 377 g/mol. The van der Waals surface area contributed by atoms with Crippen LogP contribution in [-0.2, 0) is 4.79 Å². The molecule has 2 amide bonds. The molecule has 2 aliphatic rings. The van der Waals surface area contributed by atoms with Crippen LogP contribution in [0.2, 0.25) is 0 Å². The van der Waals surface area contributed by atoms with Crippen molar-refractivity contribution in [3.8, 4) is 0 Å². The second kappa shape index (κ2) is 7.04. The minimum Gasteiger partial charge on any atom is -0.339 e. The van der Waals surface area contributed by atoms with E-state index in [-0.39, 0.29) is 29.3 Å². The van der Waals surface area contributed by atoms with Crippen LogP contribution < -0.4 is 0 Å². The lowest BCUT2D eigenvalue weighted by Gasteiger charge is -2.60. The van der Waals surface area contributed by atoms with Gasteiger partial charge in [0, 0.05) is 31.5 Å². The van der Waals surface area contributed by atoms with Gasteiger partial charge in [-0.3, -0.25) is 14.6 Å². The van der Waals surface area contributed by atoms with Crippen molar-refractivity contribution in [1.29, 1.82) is 0 Å². The molecule has 0 bridgehead atoms. The van der Waals surface area contributed by atoms with Crippen LogP contribution in [0.1, 0.15) is 54.2 Å². The number of nitrogens with zero attached hydrogens (tertiary/aromatic N) is 3. The molecular formula is C23H27N3O2. The summed E-state index contributed by atoms with van der Waals surface area (Å²) in [7, 11) is 0. The molecule has 4 rings (SSSR count). The van der Waals surface area contributed by atoms with E-state index in [0.29, 0.717) is 31.5 Å². The highest BCUT2D eigenvalue weighted by Gasteiger charge is 2.62. The minimum absolute atomic E-state index is 0.0178. The van der Waals surface area contributed by atoms with Crippen LogP contribution in [0.3, 0.4) is 0 Å². The van der Waals surface area contributed by atoms with Gasteiger partial charge in [0.1, 0.15) is 0 Å². The predicted molar refractivity (Wildman–Crippen MR) is 108 cm³/mol. The van der Waals surface area contributed by atoms with Crippen LogP contribution in [0.5, 0.6) is 0 Å². The Morgan fingerprint density at radius 1 is 1.14 bits per heavy atom. The number of aryl methyl sites for hydroxylation is 1. The third-order valence-corrected chi connectivity index (χ3v) is 6.35. The van der Waals surface area contributed by atoms with Crippen molar-refractivity contribution >= 4 is 11.8 Å². The van der Waals surface area contributed by atoms with Gasteiger partial charge in [-0.05, 0) is 50.8 Å². The highest BCUT2D eigenvalue weighted by molar-refractivity contribution is 5.96. The number of likely N-dealkylation sites (tertiary alicyclic amines) is 2. The van der Waals surface area contributed by atoms with E-state index < -0.39 is 0 Å². The topological polar surface area (TPSA) is 53.5 Å². The number of benzene rings is 1. The Balaban J connectivity index is 1.56. The standard InChI is InChI=1S/C23H27N3O2/c1-16(2)26-20(18-7-5-4-6-8-18)23(22(26)28)10-13-25(14-11-23)21(27)19-15-24-12-9-17(19)3/h4-9,12,15-16,20H,10-11,13-14H2,1-3H3. The van der Waals surface area contributed by atoms with E-state index in [1.54, 1.807) is 12.4 Å². The number of amides is 2. The third kappa shape index (κ3) is 2.81. The Hall–Kier alpha value is -2.69. The summed E-state index contributed by atoms with van der Waals surface area (Å²) in [5, 5.41) is 0. The summed E-state index contributed by atoms with van der Waals surface area (Å²) in [4.78, 5) is 34.1. The molecule has 2 saturated heterocycles. The number of rotatable bonds is 3. The van der Waals surface area contributed by atoms with E-state index in [1.165, 1.54) is 5.56 Å². The molecule has 2 aliphatic heterocycles. The quantitative estimate of drug-likeness (QED) is 0.768. The van der Waals surface area contributed by atoms with E-state index in [2.05, 4.69) is 31.0 Å². The second-order valence-electron chi connectivity index (χ2n) is 8.26. The summed E-state index contributed by atoms with van der Waals surface area (Å²) in [5.41, 5.74) is 2.40. The molecule has 5 heteroatoms. The van der Waals surface area contributed by atoms with Gasteiger partial charge in [0.15, 0.2) is 0 Å². The Morgan fingerprint density at radius 2 is 1.82 bits per heavy atom. The third-order valence-electron chi connectivity index (χ3n) is 6.35. The highest BCUT2D eigenvalue weighted by atomic mass is 16.2. The van der Waals surface area contributed by atoms with Crippen molar-refractivity contribution in [3.05, 3.63) is 65.5 Å². The fourth-order valence-corrected chi connectivity index (χ4v) is 4.79. The first-order valence-corrected chi connectivity index (χ1v) is 10.0. The molecule has 0 N–H and O–H groups in total. The van der Waals surface area contributed by atoms with E-state index in [1.807, 2.05) is 41.0 Å². The van der Waals surface area contributed by atoms with Crippen LogP contribution in [0.25, 0.3) is 0 Å². The van der Waals surface area contributed by atoms with Gasteiger partial charge in [-0.15, -0.1) is 0 Å². The van der Waals surface area contributed by atoms with Crippen molar-refractivity contribution in [2.45, 2.75) is 45.7 Å². The number of β-lactam (4-membered cyclic amide) rings is 1. The zero-order valence-corrected chi connectivity index (χ0v) is 16.8. The van der Waals surface area contributed by atoms with Crippen molar-refractivity contribution in [3.63, 3.8) is 0 Å². The van der Waals surface area contributed by atoms with Gasteiger partial charge >= 0.3 is 0 Å². The number of carbonyl (C=O) groups excluding carboxylic acids is 2. The molecule has 1 aromatic carbocycles. The maximum Gasteiger partial charge on any atom is 0.255 e. The van der Waals surface area contributed by atoms with Crippen molar-refractivity contribution in [2.75, 3.05) is 13.1 Å². The fourth-order valence-electron chi connectivity index (χ4n) is 4.79. The van der Waals surface area contributed by atoms with Crippen molar-refractivity contribution in [1.82, 2.24) is 14.8 Å². The van der Waals surface area contributed by atoms with Gasteiger partial charge in [0.2, 0.25) is 5.91 Å². The Morgan fingerprint density at radius 3 is 2.43 bits per heavy atom. The molecule has 2 fully saturated rings. The maximum atomic E-state index is 13.2. The Bertz CT molecular complexity index is 886. The molecule has 5 nitrogen and oxygen atoms in total. The molecule has 28 heavy (non-hydrogen) atoms. The number of hydrogen-bond acceptors (Lipinski definition) is 3. The van der Waals surface area contributed by atoms with Crippen molar-refractivity contribution in [2.24, 2.45) is 5.41 Å². The molecule has 3 heterocycles. The molecule has 0 radical (unpaired) electrons. The monoisotopic (exact) mass is 377 g/mol. The molecule has 1 atom stereocenters. The predicted octanol–water partition coefficient (Wildman–Crippen LogP) is 3.60. The fraction of sp³-hybridized carbons (Fsp3) is 0.435. The normalized spacial score (nSPS) is 21.1. The van der Waals surface area contributed by atoms with Crippen LogP contribution >= 0.6 is 0 Å². The maximum absolute atomic E-state index is 13.2. The van der Waals surface area contributed by atoms with E-state index in [4.69, 9.17) is 0 Å². The summed E-state index contributed by atoms with van der Waals surface area (Å²) in [6.45, 7) is 7.29. The van der Waals surface area contributed by atoms with Gasteiger partial charge in [0.05, 0.1) is 17.0 Å². The molecule has 1 aromatic heterocycles. The number of piperidine rings is 1. The first-order chi connectivity index (χ1) is 13.5. The second-order valence-corrected chi connectivity index (χ2v) is 8.26. The SMILES string of the molecule is Cc1ccncc1C(=O)N1CCC2(CC1)C(=O)N(C(C)C)C2c1ccccc1. The number of hydrogen-bond donors (Lipinski definition) is 0. The van der Waals surface area contributed by atoms with Gasteiger partial charge in [0.25, 0.3) is 5.91 Å². The smallest absolute Gasteiger partial charge is 0.255 e. The summed E-state index contributed by atoms with van der Waals surface area (Å²) in [5.74, 6) is 0.255. The minimum atomic E-state index is -0.383. The molecule has 0 aliphatic carbocycles. The van der Waals surface area contributed by atoms with Crippen molar-refractivity contribution < 1.29 is 9.59 Å². The number of aromatic nitrogens is 1. The highest BCUT2D eigenvalue weighted by Crippen LogP contribution is 2.56. The summed E-state index contributed by atoms with van der Waals surface area (Å²) < 4.78 is 0. The average Bonchev–Trinajstić information content (AvgIpc) is 2.71. The number of pyridine rings is 1. The van der Waals surface area contributed by atoms with Crippen LogP contribution in [0.15, 0.2) is 48.8 Å².